The number of hydrogen-bond acceptors (Lipinski definition) is 2. The van der Waals surface area contributed by atoms with E-state index in [1.165, 1.54) is 0 Å². The topological polar surface area (TPSA) is 45.0 Å². The fourth-order valence-electron chi connectivity index (χ4n) is 2.24. The first kappa shape index (κ1) is 13.2. The van der Waals surface area contributed by atoms with Crippen LogP contribution in [0.15, 0.2) is 64.6 Å². The molecule has 0 unspecified atom stereocenters. The van der Waals surface area contributed by atoms with Gasteiger partial charge < -0.3 is 4.90 Å². The summed E-state index contributed by atoms with van der Waals surface area (Å²) in [6, 6.07) is 17.1. The van der Waals surface area contributed by atoms with E-state index in [1.54, 1.807) is 0 Å². The molecule has 2 amide bonds. The zero-order chi connectivity index (χ0) is 14.8. The van der Waals surface area contributed by atoms with Gasteiger partial charge in [-0.05, 0) is 12.1 Å². The Morgan fingerprint density at radius 3 is 1.81 bits per heavy atom. The zero-order valence-corrected chi connectivity index (χ0v) is 11.9. The van der Waals surface area contributed by atoms with Crippen LogP contribution in [0, 0.1) is 0 Å². The first-order chi connectivity index (χ1) is 10.1. The number of carbonyl (C=O) groups is 1. The fourth-order valence-corrected chi connectivity index (χ4v) is 2.24. The molecular formula is C17H15N3O. The largest absolute Gasteiger partial charge is 0.378 e. The minimum Gasteiger partial charge on any atom is -0.378 e. The van der Waals surface area contributed by atoms with Gasteiger partial charge in [-0.3, -0.25) is 0 Å². The van der Waals surface area contributed by atoms with Crippen LogP contribution in [0.2, 0.25) is 0 Å². The lowest BCUT2D eigenvalue weighted by molar-refractivity contribution is 0.257. The molecule has 0 saturated carbocycles. The van der Waals surface area contributed by atoms with Crippen molar-refractivity contribution in [2.75, 3.05) is 19.0 Å². The molecule has 0 radical (unpaired) electrons. The predicted octanol–water partition coefficient (Wildman–Crippen LogP) is 3.16. The van der Waals surface area contributed by atoms with Crippen LogP contribution in [-0.4, -0.2) is 31.5 Å². The molecule has 0 bridgehead atoms. The van der Waals surface area contributed by atoms with E-state index in [0.29, 0.717) is 11.4 Å². The quantitative estimate of drug-likeness (QED) is 0.865. The smallest absolute Gasteiger partial charge is 0.368 e. The molecule has 0 spiro atoms. The van der Waals surface area contributed by atoms with Gasteiger partial charge in [0.2, 0.25) is 0 Å². The Bertz CT molecular complexity index is 728. The molecule has 1 heterocycles. The van der Waals surface area contributed by atoms with E-state index in [1.807, 2.05) is 73.6 Å². The van der Waals surface area contributed by atoms with Gasteiger partial charge in [-0.15, -0.1) is 0 Å². The van der Waals surface area contributed by atoms with Crippen molar-refractivity contribution < 1.29 is 4.79 Å². The highest BCUT2D eigenvalue weighted by Crippen LogP contribution is 2.18. The van der Waals surface area contributed by atoms with Gasteiger partial charge in [0.15, 0.2) is 0 Å². The summed E-state index contributed by atoms with van der Waals surface area (Å²) in [4.78, 5) is 21.7. The van der Waals surface area contributed by atoms with Gasteiger partial charge in [0, 0.05) is 30.9 Å². The van der Waals surface area contributed by atoms with E-state index in [2.05, 4.69) is 9.98 Å². The highest BCUT2D eigenvalue weighted by atomic mass is 16.2. The van der Waals surface area contributed by atoms with Gasteiger partial charge in [0.05, 0.1) is 0 Å². The average molecular weight is 277 g/mol. The Balaban J connectivity index is 1.99. The summed E-state index contributed by atoms with van der Waals surface area (Å²) in [6.07, 6.45) is 0. The van der Waals surface area contributed by atoms with Crippen LogP contribution in [0.4, 0.5) is 10.5 Å². The third-order valence-corrected chi connectivity index (χ3v) is 3.34. The second-order valence-corrected chi connectivity index (χ2v) is 5.01. The molecule has 2 aromatic rings. The Morgan fingerprint density at radius 2 is 1.29 bits per heavy atom. The van der Waals surface area contributed by atoms with Crippen molar-refractivity contribution in [2.24, 2.45) is 9.98 Å². The molecule has 21 heavy (non-hydrogen) atoms. The van der Waals surface area contributed by atoms with Gasteiger partial charge in [0.25, 0.3) is 0 Å². The molecule has 1 aliphatic heterocycles. The number of benzene rings is 2. The highest BCUT2D eigenvalue weighted by molar-refractivity contribution is 6.57. The van der Waals surface area contributed by atoms with Crippen LogP contribution >= 0.6 is 0 Å². The number of anilines is 1. The van der Waals surface area contributed by atoms with Crippen molar-refractivity contribution in [3.8, 4) is 0 Å². The van der Waals surface area contributed by atoms with Crippen LogP contribution in [0.25, 0.3) is 0 Å². The number of rotatable bonds is 3. The van der Waals surface area contributed by atoms with Gasteiger partial charge in [0.1, 0.15) is 11.4 Å². The number of amides is 2. The SMILES string of the molecule is CN(C)c1ccc(C2=NC(=O)N=C2c2ccccc2)cc1. The lowest BCUT2D eigenvalue weighted by Crippen LogP contribution is -2.14. The highest BCUT2D eigenvalue weighted by Gasteiger charge is 2.22. The van der Waals surface area contributed by atoms with E-state index >= 15 is 0 Å². The van der Waals surface area contributed by atoms with E-state index in [4.69, 9.17) is 0 Å². The first-order valence-electron chi connectivity index (χ1n) is 6.70. The number of aliphatic imine (C=N–C) groups is 2. The van der Waals surface area contributed by atoms with E-state index in [-0.39, 0.29) is 0 Å². The Labute approximate surface area is 123 Å². The summed E-state index contributed by atoms with van der Waals surface area (Å²) in [5, 5.41) is 0. The van der Waals surface area contributed by atoms with Crippen molar-refractivity contribution in [2.45, 2.75) is 0 Å². The minimum absolute atomic E-state index is 0.444. The van der Waals surface area contributed by atoms with Gasteiger partial charge >= 0.3 is 6.03 Å². The zero-order valence-electron chi connectivity index (χ0n) is 11.9. The molecule has 4 nitrogen and oxygen atoms in total. The van der Waals surface area contributed by atoms with Gasteiger partial charge in [-0.2, -0.15) is 9.98 Å². The Kier molecular flexibility index (Phi) is 3.36. The third-order valence-electron chi connectivity index (χ3n) is 3.34. The maximum atomic E-state index is 11.6. The maximum Gasteiger partial charge on any atom is 0.368 e. The second kappa shape index (κ2) is 5.32. The van der Waals surface area contributed by atoms with Crippen molar-refractivity contribution in [3.63, 3.8) is 0 Å². The normalized spacial score (nSPS) is 13.9. The lowest BCUT2D eigenvalue weighted by Gasteiger charge is -2.13. The number of urea groups is 1. The molecule has 1 aliphatic rings. The summed E-state index contributed by atoms with van der Waals surface area (Å²) in [7, 11) is 3.98. The molecule has 3 rings (SSSR count). The molecule has 0 saturated heterocycles. The summed E-state index contributed by atoms with van der Waals surface area (Å²) >= 11 is 0. The number of carbonyl (C=O) groups excluding carboxylic acids is 1. The first-order valence-corrected chi connectivity index (χ1v) is 6.70. The predicted molar refractivity (Wildman–Crippen MR) is 85.7 cm³/mol. The maximum absolute atomic E-state index is 11.6. The average Bonchev–Trinajstić information content (AvgIpc) is 2.90. The molecule has 0 fully saturated rings. The summed E-state index contributed by atoms with van der Waals surface area (Å²) in [5.41, 5.74) is 4.17. The molecular weight excluding hydrogens is 262 g/mol. The summed E-state index contributed by atoms with van der Waals surface area (Å²) in [6.45, 7) is 0. The molecule has 2 aromatic carbocycles. The summed E-state index contributed by atoms with van der Waals surface area (Å²) < 4.78 is 0. The third kappa shape index (κ3) is 2.60. The monoisotopic (exact) mass is 277 g/mol. The van der Waals surface area contributed by atoms with Gasteiger partial charge in [-0.25, -0.2) is 4.79 Å². The van der Waals surface area contributed by atoms with Crippen molar-refractivity contribution in [1.29, 1.82) is 0 Å². The second-order valence-electron chi connectivity index (χ2n) is 5.01. The van der Waals surface area contributed by atoms with Crippen LogP contribution < -0.4 is 4.90 Å². The standard InChI is InChI=1S/C17H15N3O/c1-20(2)14-10-8-13(9-11-14)16-15(18-17(21)19-16)12-6-4-3-5-7-12/h3-11H,1-2H3. The summed E-state index contributed by atoms with van der Waals surface area (Å²) in [5.74, 6) is 0. The van der Waals surface area contributed by atoms with Crippen molar-refractivity contribution in [3.05, 3.63) is 65.7 Å². The molecule has 4 heteroatoms. The molecule has 0 aromatic heterocycles. The molecule has 0 aliphatic carbocycles. The van der Waals surface area contributed by atoms with Crippen LogP contribution in [-0.2, 0) is 0 Å². The van der Waals surface area contributed by atoms with Crippen LogP contribution in [0.1, 0.15) is 11.1 Å². The van der Waals surface area contributed by atoms with Crippen LogP contribution in [0.5, 0.6) is 0 Å². The number of hydrogen-bond donors (Lipinski definition) is 0. The molecule has 0 atom stereocenters. The number of nitrogens with zero attached hydrogens (tertiary/aromatic N) is 3. The Hall–Kier alpha value is -2.75. The minimum atomic E-state index is -0.444. The Morgan fingerprint density at radius 1 is 0.762 bits per heavy atom. The lowest BCUT2D eigenvalue weighted by atomic mass is 10.00. The van der Waals surface area contributed by atoms with E-state index < -0.39 is 6.03 Å². The van der Waals surface area contributed by atoms with Crippen molar-refractivity contribution in [1.82, 2.24) is 0 Å². The van der Waals surface area contributed by atoms with Crippen molar-refractivity contribution >= 4 is 23.1 Å². The van der Waals surface area contributed by atoms with Gasteiger partial charge in [-0.1, -0.05) is 42.5 Å². The molecule has 104 valence electrons. The fraction of sp³-hybridized carbons (Fsp3) is 0.118. The molecule has 0 N–H and O–H groups in total. The van der Waals surface area contributed by atoms with E-state index in [9.17, 15) is 4.79 Å². The van der Waals surface area contributed by atoms with Crippen LogP contribution in [0.3, 0.4) is 0 Å². The van der Waals surface area contributed by atoms with E-state index in [0.717, 1.165) is 16.8 Å².